The normalized spacial score (nSPS) is 20.2. The molecule has 9 nitrogen and oxygen atoms in total. The third kappa shape index (κ3) is 28.1. The van der Waals surface area contributed by atoms with Crippen LogP contribution in [0.3, 0.4) is 0 Å². The molecule has 482 valence electrons. The average molecular weight is 1190 g/mol. The number of phenols is 3. The van der Waals surface area contributed by atoms with Gasteiger partial charge in [-0.2, -0.15) is 0 Å². The first kappa shape index (κ1) is 75.5. The topological polar surface area (TPSA) is 135 Å². The van der Waals surface area contributed by atoms with Crippen LogP contribution in [0.15, 0.2) is 84.6 Å². The van der Waals surface area contributed by atoms with Gasteiger partial charge < -0.3 is 15.3 Å². The minimum Gasteiger partial charge on any atom is -0.507 e. The second-order valence-electron chi connectivity index (χ2n) is 23.6. The molecule has 3 aromatic rings. The number of hydrogen-bond donors (Lipinski definition) is 3. The minimum atomic E-state index is -0.0772. The summed E-state index contributed by atoms with van der Waals surface area (Å²) in [6.45, 7) is 22.8. The van der Waals surface area contributed by atoms with E-state index in [1.54, 1.807) is 0 Å². The number of fused-ring (bicyclic) bond motifs is 9. The number of aromatic hydroxyl groups is 3. The molecule has 3 aromatic carbocycles. The highest BCUT2D eigenvalue weighted by molar-refractivity contribution is 5.95. The molecule has 9 heteroatoms. The molecular weight excluding hydrogens is 1070 g/mol. The molecule has 3 saturated carbocycles. The lowest BCUT2D eigenvalue weighted by atomic mass is 9.91. The van der Waals surface area contributed by atoms with Crippen LogP contribution in [-0.4, -0.2) is 88.9 Å². The molecule has 6 atom stereocenters. The van der Waals surface area contributed by atoms with E-state index in [0.29, 0.717) is 33.4 Å². The van der Waals surface area contributed by atoms with Crippen LogP contribution in [0.1, 0.15) is 325 Å². The van der Waals surface area contributed by atoms with E-state index < -0.39 is 0 Å². The third-order valence-electron chi connectivity index (χ3n) is 16.5. The van der Waals surface area contributed by atoms with E-state index in [-0.39, 0.29) is 53.5 Å². The van der Waals surface area contributed by atoms with Crippen LogP contribution in [-0.2, 0) is 0 Å². The first-order chi connectivity index (χ1) is 42.7. The van der Waals surface area contributed by atoms with Crippen molar-refractivity contribution in [1.29, 1.82) is 0 Å². The minimum absolute atomic E-state index is 0.0754. The lowest BCUT2D eigenvalue weighted by molar-refractivity contribution is 0.389. The summed E-state index contributed by atoms with van der Waals surface area (Å²) in [5.74, 6) is 0.480. The van der Waals surface area contributed by atoms with E-state index in [2.05, 4.69) is 52.0 Å². The molecule has 0 amide bonds. The maximum absolute atomic E-state index is 12.0. The first-order valence-electron chi connectivity index (χ1n) is 35.5. The first-order valence-corrected chi connectivity index (χ1v) is 35.5. The Balaban J connectivity index is 0.00000209. The fourth-order valence-electron chi connectivity index (χ4n) is 11.8. The van der Waals surface area contributed by atoms with Gasteiger partial charge in [0.15, 0.2) is 0 Å². The Bertz CT molecular complexity index is 2440. The summed E-state index contributed by atoms with van der Waals surface area (Å²) in [5.41, 5.74) is 6.92. The standard InChI is InChI=1S/C69H96N6O3.C3H8.3C2H6/c1-4-7-9-11-13-15-17-19-21-23-32-53-42-57-48-72-63-36-27-25-34-61(63)70-46-55-40-52(31-6-3)41-56(67(55)76)47-71-62-35-26-28-37-64(62)73-49-58-43-54(33-24-22-20-18-16-14-12-10-8-5-2)45-60(69(58)78)51-75-66-39-30-29-38-65(66)74-50-59(44-53)68(57)77;1-3-2;3*1-2/h6,23-24,31-33,40-51,61-66,76-78H,4-5,7-22,25-30,34-39H2,1-3H3;3H2,1-2H3;3*1-2H3/b31-6+,32-23+,33-24+,70-46?,71-47?,72-48?,73-49?,74-50?,75-51?;;;;. The molecule has 0 saturated heterocycles. The Labute approximate surface area is 531 Å². The van der Waals surface area contributed by atoms with Gasteiger partial charge in [-0.1, -0.05) is 241 Å². The fourth-order valence-corrected chi connectivity index (χ4v) is 11.8. The number of hydrogen-bond acceptors (Lipinski definition) is 9. The highest BCUT2D eigenvalue weighted by Gasteiger charge is 2.27. The molecule has 1 aliphatic heterocycles. The highest BCUT2D eigenvalue weighted by Crippen LogP contribution is 2.32. The predicted molar refractivity (Wildman–Crippen MR) is 385 cm³/mol. The van der Waals surface area contributed by atoms with Crippen LogP contribution in [0, 0.1) is 0 Å². The van der Waals surface area contributed by atoms with Crippen molar-refractivity contribution in [1.82, 2.24) is 0 Å². The van der Waals surface area contributed by atoms with Gasteiger partial charge >= 0.3 is 0 Å². The molecule has 3 aliphatic carbocycles. The van der Waals surface area contributed by atoms with Gasteiger partial charge in [0, 0.05) is 70.7 Å². The van der Waals surface area contributed by atoms with Crippen molar-refractivity contribution in [3.63, 3.8) is 0 Å². The highest BCUT2D eigenvalue weighted by atomic mass is 16.3. The second kappa shape index (κ2) is 47.3. The summed E-state index contributed by atoms with van der Waals surface area (Å²) in [6, 6.07) is 11.7. The molecule has 7 rings (SSSR count). The number of rotatable bonds is 21. The molecule has 6 bridgehead atoms. The maximum atomic E-state index is 12.0. The smallest absolute Gasteiger partial charge is 0.133 e. The van der Waals surface area contributed by atoms with Crippen LogP contribution in [0.5, 0.6) is 17.2 Å². The van der Waals surface area contributed by atoms with Crippen molar-refractivity contribution in [2.45, 2.75) is 311 Å². The lowest BCUT2D eigenvalue weighted by Crippen LogP contribution is -2.27. The Kier molecular flexibility index (Phi) is 41.1. The van der Waals surface area contributed by atoms with Crippen molar-refractivity contribution >= 4 is 55.5 Å². The summed E-state index contributed by atoms with van der Waals surface area (Å²) in [6.07, 6.45) is 59.6. The second-order valence-corrected chi connectivity index (χ2v) is 23.6. The summed E-state index contributed by atoms with van der Waals surface area (Å²) in [5, 5.41) is 35.9. The molecule has 0 aromatic heterocycles. The van der Waals surface area contributed by atoms with E-state index in [0.717, 1.165) is 107 Å². The zero-order valence-corrected chi connectivity index (χ0v) is 56.8. The number of benzene rings is 3. The van der Waals surface area contributed by atoms with E-state index in [1.165, 1.54) is 109 Å². The number of phenolic OH excluding ortho intramolecular Hbond substituents is 3. The van der Waals surface area contributed by atoms with E-state index >= 15 is 0 Å². The molecule has 4 aliphatic rings. The largest absolute Gasteiger partial charge is 0.507 e. The van der Waals surface area contributed by atoms with Crippen LogP contribution < -0.4 is 0 Å². The van der Waals surface area contributed by atoms with Crippen LogP contribution >= 0.6 is 0 Å². The predicted octanol–water partition coefficient (Wildman–Crippen LogP) is 22.3. The number of allylic oxidation sites excluding steroid dienone is 3. The van der Waals surface area contributed by atoms with Gasteiger partial charge in [-0.05, 0) is 124 Å². The zero-order valence-electron chi connectivity index (χ0n) is 56.8. The Morgan fingerprint density at radius 1 is 0.333 bits per heavy atom. The molecule has 87 heavy (non-hydrogen) atoms. The van der Waals surface area contributed by atoms with Gasteiger partial charge in [-0.25, -0.2) is 0 Å². The van der Waals surface area contributed by atoms with Gasteiger partial charge in [0.1, 0.15) is 17.2 Å². The van der Waals surface area contributed by atoms with Crippen molar-refractivity contribution < 1.29 is 15.3 Å². The van der Waals surface area contributed by atoms with Crippen molar-refractivity contribution in [2.24, 2.45) is 30.0 Å². The SMILES string of the molecule is C/C=C/c1cc2c(O)c(c1)C=NC1CCCCC1N=Cc1cc(/C=C/CCCCCCCCCC)cc(c1O)C=NC1CCCCC1N=Cc1cc(/C=C/CCCCCCCCCC)cc(c1O)C=NC1CCCCC1N=C2.CC.CC.CC.CCC. The Morgan fingerprint density at radius 2 is 0.540 bits per heavy atom. The van der Waals surface area contributed by atoms with Gasteiger partial charge in [-0.3, -0.25) is 30.0 Å². The van der Waals surface area contributed by atoms with E-state index in [4.69, 9.17) is 30.0 Å². The summed E-state index contributed by atoms with van der Waals surface area (Å²) >= 11 is 0. The number of unbranched alkanes of at least 4 members (excludes halogenated alkanes) is 16. The van der Waals surface area contributed by atoms with Crippen LogP contribution in [0.2, 0.25) is 0 Å². The van der Waals surface area contributed by atoms with Crippen molar-refractivity contribution in [3.05, 3.63) is 105 Å². The lowest BCUT2D eigenvalue weighted by Gasteiger charge is -2.26. The molecule has 3 fully saturated rings. The molecular formula is C78H122N6O3. The number of aliphatic imine (C=N–C) groups is 6. The Morgan fingerprint density at radius 3 is 0.759 bits per heavy atom. The zero-order chi connectivity index (χ0) is 63.3. The van der Waals surface area contributed by atoms with Gasteiger partial charge in [-0.15, -0.1) is 0 Å². The monoisotopic (exact) mass is 1190 g/mol. The van der Waals surface area contributed by atoms with E-state index in [9.17, 15) is 15.3 Å². The van der Waals surface area contributed by atoms with Crippen LogP contribution in [0.4, 0.5) is 0 Å². The molecule has 6 unspecified atom stereocenters. The van der Waals surface area contributed by atoms with E-state index in [1.807, 2.05) is 134 Å². The van der Waals surface area contributed by atoms with Gasteiger partial charge in [0.05, 0.1) is 36.3 Å². The summed E-state index contributed by atoms with van der Waals surface area (Å²) < 4.78 is 0. The average Bonchev–Trinajstić information content (AvgIpc) is 3.19. The third-order valence-corrected chi connectivity index (χ3v) is 16.5. The summed E-state index contributed by atoms with van der Waals surface area (Å²) in [7, 11) is 0. The molecule has 1 heterocycles. The fraction of sp³-hybridized carbons (Fsp3) is 0.615. The van der Waals surface area contributed by atoms with Crippen molar-refractivity contribution in [2.75, 3.05) is 0 Å². The summed E-state index contributed by atoms with van der Waals surface area (Å²) in [4.78, 5) is 31.1. The molecule has 0 spiro atoms. The van der Waals surface area contributed by atoms with Gasteiger partial charge in [0.25, 0.3) is 0 Å². The quantitative estimate of drug-likeness (QED) is 0.0917. The Hall–Kier alpha value is -5.70. The molecule has 0 radical (unpaired) electrons. The maximum Gasteiger partial charge on any atom is 0.133 e. The van der Waals surface area contributed by atoms with Crippen LogP contribution in [0.25, 0.3) is 18.2 Å². The van der Waals surface area contributed by atoms with Crippen molar-refractivity contribution in [3.8, 4) is 17.2 Å². The van der Waals surface area contributed by atoms with Gasteiger partial charge in [0.2, 0.25) is 0 Å². The number of nitrogens with zero attached hydrogens (tertiary/aromatic N) is 6. The molecule has 3 N–H and O–H groups in total.